The van der Waals surface area contributed by atoms with E-state index in [9.17, 15) is 4.79 Å². The highest BCUT2D eigenvalue weighted by molar-refractivity contribution is 7.15. The molecule has 0 radical (unpaired) electrons. The molecule has 2 heterocycles. The van der Waals surface area contributed by atoms with Crippen LogP contribution in [0.15, 0.2) is 12.4 Å². The van der Waals surface area contributed by atoms with Crippen molar-refractivity contribution in [3.8, 4) is 0 Å². The third-order valence-corrected chi connectivity index (χ3v) is 3.19. The number of hydrogen-bond donors (Lipinski definition) is 2. The van der Waals surface area contributed by atoms with Gasteiger partial charge in [0.05, 0.1) is 12.6 Å². The zero-order valence-electron chi connectivity index (χ0n) is 8.72. The van der Waals surface area contributed by atoms with Gasteiger partial charge in [-0.05, 0) is 11.6 Å². The van der Waals surface area contributed by atoms with Crippen LogP contribution in [-0.4, -0.2) is 26.0 Å². The fraction of sp³-hybridized carbons (Fsp3) is 0.111. The molecule has 0 atom stereocenters. The first-order valence-corrected chi connectivity index (χ1v) is 6.23. The van der Waals surface area contributed by atoms with E-state index in [0.717, 1.165) is 0 Å². The number of anilines is 2. The summed E-state index contributed by atoms with van der Waals surface area (Å²) in [6.07, 6.45) is 2.78. The molecule has 0 spiro atoms. The summed E-state index contributed by atoms with van der Waals surface area (Å²) in [5.41, 5.74) is 0. The quantitative estimate of drug-likeness (QED) is 0.844. The van der Waals surface area contributed by atoms with Crippen molar-refractivity contribution in [1.29, 1.82) is 0 Å². The van der Waals surface area contributed by atoms with Gasteiger partial charge in [0.1, 0.15) is 5.02 Å². The van der Waals surface area contributed by atoms with Crippen LogP contribution in [0.4, 0.5) is 10.9 Å². The minimum atomic E-state index is -0.909. The third-order valence-electron chi connectivity index (χ3n) is 1.82. The van der Waals surface area contributed by atoms with Gasteiger partial charge in [0.25, 0.3) is 0 Å². The first-order valence-electron chi connectivity index (χ1n) is 4.66. The molecule has 2 rings (SSSR count). The minimum Gasteiger partial charge on any atom is -0.481 e. The fourth-order valence-corrected chi connectivity index (χ4v) is 2.20. The second-order valence-electron chi connectivity index (χ2n) is 3.16. The molecule has 6 nitrogen and oxygen atoms in total. The molecule has 0 unspecified atom stereocenters. The minimum absolute atomic E-state index is 0.0595. The molecule has 2 aromatic heterocycles. The van der Waals surface area contributed by atoms with Gasteiger partial charge in [0, 0.05) is 11.1 Å². The average molecular weight is 305 g/mol. The third kappa shape index (κ3) is 3.28. The Balaban J connectivity index is 2.16. The van der Waals surface area contributed by atoms with Gasteiger partial charge in [-0.1, -0.05) is 11.6 Å². The molecular formula is C9H6Cl2N4O2S. The second-order valence-corrected chi connectivity index (χ2v) is 5.02. The summed E-state index contributed by atoms with van der Waals surface area (Å²) in [5.74, 6) is -0.582. The van der Waals surface area contributed by atoms with Crippen molar-refractivity contribution >= 4 is 51.5 Å². The number of halogens is 2. The van der Waals surface area contributed by atoms with Crippen LogP contribution in [-0.2, 0) is 11.2 Å². The lowest BCUT2D eigenvalue weighted by molar-refractivity contribution is -0.136. The highest BCUT2D eigenvalue weighted by atomic mass is 35.5. The average Bonchev–Trinajstić information content (AvgIpc) is 2.70. The van der Waals surface area contributed by atoms with E-state index < -0.39 is 5.97 Å². The summed E-state index contributed by atoms with van der Waals surface area (Å²) in [5, 5.41) is 12.3. The SMILES string of the molecule is O=C(O)Cc1cnc(Nc2nc(Cl)ncc2Cl)s1. The number of carboxylic acid groups (broad SMARTS) is 1. The zero-order chi connectivity index (χ0) is 13.1. The lowest BCUT2D eigenvalue weighted by Crippen LogP contribution is -1.97. The lowest BCUT2D eigenvalue weighted by atomic mass is 10.4. The van der Waals surface area contributed by atoms with Crippen LogP contribution < -0.4 is 5.32 Å². The van der Waals surface area contributed by atoms with Crippen LogP contribution in [0.1, 0.15) is 4.88 Å². The Kier molecular flexibility index (Phi) is 3.95. The van der Waals surface area contributed by atoms with E-state index in [1.54, 1.807) is 0 Å². The number of nitrogens with zero attached hydrogens (tertiary/aromatic N) is 3. The van der Waals surface area contributed by atoms with Crippen LogP contribution in [0, 0.1) is 0 Å². The van der Waals surface area contributed by atoms with E-state index in [4.69, 9.17) is 28.3 Å². The largest absolute Gasteiger partial charge is 0.481 e. The molecule has 9 heteroatoms. The standard InChI is InChI=1S/C9H6Cl2N4O2S/c10-5-3-12-8(11)14-7(5)15-9-13-2-4(18-9)1-6(16)17/h2-3H,1H2,(H,16,17)(H,12,13,14,15). The van der Waals surface area contributed by atoms with Crippen LogP contribution in [0.3, 0.4) is 0 Å². The molecule has 0 saturated carbocycles. The molecule has 0 fully saturated rings. The van der Waals surface area contributed by atoms with Crippen LogP contribution in [0.5, 0.6) is 0 Å². The van der Waals surface area contributed by atoms with Gasteiger partial charge in [0.2, 0.25) is 5.28 Å². The van der Waals surface area contributed by atoms with Crippen molar-refractivity contribution in [1.82, 2.24) is 15.0 Å². The number of thiazole rings is 1. The van der Waals surface area contributed by atoms with Crippen LogP contribution in [0.25, 0.3) is 0 Å². The Bertz CT molecular complexity index is 590. The zero-order valence-corrected chi connectivity index (χ0v) is 11.1. The van der Waals surface area contributed by atoms with Gasteiger partial charge in [-0.2, -0.15) is 4.98 Å². The van der Waals surface area contributed by atoms with Gasteiger partial charge in [-0.3, -0.25) is 4.79 Å². The number of rotatable bonds is 4. The van der Waals surface area contributed by atoms with Gasteiger partial charge < -0.3 is 10.4 Å². The molecular weight excluding hydrogens is 299 g/mol. The monoisotopic (exact) mass is 304 g/mol. The molecule has 0 aliphatic carbocycles. The molecule has 0 aromatic carbocycles. The van der Waals surface area contributed by atoms with Gasteiger partial charge in [0.15, 0.2) is 10.9 Å². The molecule has 18 heavy (non-hydrogen) atoms. The molecule has 0 aliphatic rings. The molecule has 94 valence electrons. The topological polar surface area (TPSA) is 88.0 Å². The molecule has 0 aliphatic heterocycles. The summed E-state index contributed by atoms with van der Waals surface area (Å²) >= 11 is 12.7. The van der Waals surface area contributed by atoms with Gasteiger partial charge in [-0.15, -0.1) is 11.3 Å². The fourth-order valence-electron chi connectivity index (χ4n) is 1.13. The van der Waals surface area contributed by atoms with E-state index >= 15 is 0 Å². The summed E-state index contributed by atoms with van der Waals surface area (Å²) in [6, 6.07) is 0. The number of aromatic nitrogens is 3. The maximum atomic E-state index is 10.5. The highest BCUT2D eigenvalue weighted by Gasteiger charge is 2.09. The molecule has 0 amide bonds. The molecule has 0 bridgehead atoms. The normalized spacial score (nSPS) is 10.3. The number of nitrogens with one attached hydrogen (secondary N) is 1. The Labute approximate surface area is 116 Å². The van der Waals surface area contributed by atoms with Crippen molar-refractivity contribution in [2.24, 2.45) is 0 Å². The second kappa shape index (κ2) is 5.47. The van der Waals surface area contributed by atoms with Crippen molar-refractivity contribution in [3.05, 3.63) is 27.6 Å². The lowest BCUT2D eigenvalue weighted by Gasteiger charge is -2.03. The summed E-state index contributed by atoms with van der Waals surface area (Å²) in [6.45, 7) is 0. The number of carbonyl (C=O) groups is 1. The van der Waals surface area contributed by atoms with E-state index in [2.05, 4.69) is 20.3 Å². The Hall–Kier alpha value is -1.44. The summed E-state index contributed by atoms with van der Waals surface area (Å²) in [7, 11) is 0. The van der Waals surface area contributed by atoms with Gasteiger partial charge in [-0.25, -0.2) is 9.97 Å². The maximum absolute atomic E-state index is 10.5. The Morgan fingerprint density at radius 3 is 2.89 bits per heavy atom. The first-order chi connectivity index (χ1) is 8.54. The highest BCUT2D eigenvalue weighted by Crippen LogP contribution is 2.26. The van der Waals surface area contributed by atoms with Crippen molar-refractivity contribution < 1.29 is 9.90 Å². The molecule has 2 aromatic rings. The van der Waals surface area contributed by atoms with E-state index in [1.165, 1.54) is 23.7 Å². The van der Waals surface area contributed by atoms with E-state index in [0.29, 0.717) is 20.8 Å². The number of aliphatic carboxylic acids is 1. The number of hydrogen-bond acceptors (Lipinski definition) is 6. The summed E-state index contributed by atoms with van der Waals surface area (Å²) < 4.78 is 0. The summed E-state index contributed by atoms with van der Waals surface area (Å²) in [4.78, 5) is 22.8. The van der Waals surface area contributed by atoms with E-state index in [-0.39, 0.29) is 11.7 Å². The molecule has 2 N–H and O–H groups in total. The van der Waals surface area contributed by atoms with Crippen LogP contribution in [0.2, 0.25) is 10.3 Å². The van der Waals surface area contributed by atoms with Crippen LogP contribution >= 0.6 is 34.5 Å². The smallest absolute Gasteiger partial charge is 0.308 e. The van der Waals surface area contributed by atoms with Gasteiger partial charge >= 0.3 is 5.97 Å². The first kappa shape index (κ1) is 13.0. The predicted octanol–water partition coefficient (Wildman–Crippen LogP) is 2.61. The Morgan fingerprint density at radius 1 is 1.39 bits per heavy atom. The van der Waals surface area contributed by atoms with Crippen molar-refractivity contribution in [2.45, 2.75) is 6.42 Å². The Morgan fingerprint density at radius 2 is 2.17 bits per heavy atom. The number of carboxylic acids is 1. The van der Waals surface area contributed by atoms with E-state index in [1.807, 2.05) is 0 Å². The molecule has 0 saturated heterocycles. The predicted molar refractivity (Wildman–Crippen MR) is 68.8 cm³/mol. The van der Waals surface area contributed by atoms with Crippen molar-refractivity contribution in [3.63, 3.8) is 0 Å². The maximum Gasteiger partial charge on any atom is 0.308 e. The van der Waals surface area contributed by atoms with Crippen molar-refractivity contribution in [2.75, 3.05) is 5.32 Å².